The zero-order chi connectivity index (χ0) is 12.4. The molecule has 0 atom stereocenters. The topological polar surface area (TPSA) is 41.8 Å². The molecule has 0 saturated heterocycles. The Bertz CT molecular complexity index is 548. The van der Waals surface area contributed by atoms with Crippen molar-refractivity contribution < 1.29 is 0 Å². The SMILES string of the molecule is CN(C)CCn1[nH]c(-c2ccnn2C)cc1=S. The highest BCUT2D eigenvalue weighted by Gasteiger charge is 2.06. The fourth-order valence-corrected chi connectivity index (χ4v) is 1.92. The van der Waals surface area contributed by atoms with E-state index in [1.807, 2.05) is 28.5 Å². The van der Waals surface area contributed by atoms with Crippen molar-refractivity contribution in [1.82, 2.24) is 24.5 Å². The first-order valence-electron chi connectivity index (χ1n) is 5.51. The molecular weight excluding hydrogens is 234 g/mol. The summed E-state index contributed by atoms with van der Waals surface area (Å²) in [6.45, 7) is 1.82. The van der Waals surface area contributed by atoms with E-state index < -0.39 is 0 Å². The van der Waals surface area contributed by atoms with Crippen LogP contribution in [-0.2, 0) is 13.6 Å². The third-order valence-corrected chi connectivity index (χ3v) is 3.00. The van der Waals surface area contributed by atoms with Gasteiger partial charge < -0.3 is 4.90 Å². The summed E-state index contributed by atoms with van der Waals surface area (Å²) in [5.74, 6) is 0. The largest absolute Gasteiger partial charge is 0.308 e. The molecule has 0 aliphatic carbocycles. The lowest BCUT2D eigenvalue weighted by atomic mass is 10.3. The normalized spacial score (nSPS) is 11.3. The molecule has 2 rings (SSSR count). The van der Waals surface area contributed by atoms with E-state index in [2.05, 4.69) is 29.2 Å². The van der Waals surface area contributed by atoms with Crippen molar-refractivity contribution in [1.29, 1.82) is 0 Å². The molecule has 0 saturated carbocycles. The molecule has 1 N–H and O–H groups in total. The van der Waals surface area contributed by atoms with Crippen LogP contribution in [-0.4, -0.2) is 45.1 Å². The Balaban J connectivity index is 2.25. The molecule has 0 radical (unpaired) electrons. The van der Waals surface area contributed by atoms with Crippen LogP contribution < -0.4 is 0 Å². The van der Waals surface area contributed by atoms with Crippen LogP contribution in [0.4, 0.5) is 0 Å². The summed E-state index contributed by atoms with van der Waals surface area (Å²) in [5.41, 5.74) is 2.05. The van der Waals surface area contributed by atoms with E-state index in [-0.39, 0.29) is 0 Å². The van der Waals surface area contributed by atoms with Crippen molar-refractivity contribution in [2.75, 3.05) is 20.6 Å². The van der Waals surface area contributed by atoms with Gasteiger partial charge in [0.25, 0.3) is 0 Å². The lowest BCUT2D eigenvalue weighted by Gasteiger charge is -2.09. The van der Waals surface area contributed by atoms with Crippen LogP contribution in [0.1, 0.15) is 0 Å². The van der Waals surface area contributed by atoms with Gasteiger partial charge in [0.1, 0.15) is 4.64 Å². The van der Waals surface area contributed by atoms with E-state index in [1.165, 1.54) is 0 Å². The third kappa shape index (κ3) is 2.65. The first-order chi connectivity index (χ1) is 8.08. The highest BCUT2D eigenvalue weighted by atomic mass is 32.1. The van der Waals surface area contributed by atoms with E-state index in [0.717, 1.165) is 29.1 Å². The lowest BCUT2D eigenvalue weighted by Crippen LogP contribution is -2.19. The van der Waals surface area contributed by atoms with Crippen LogP contribution >= 0.6 is 12.2 Å². The molecule has 0 aliphatic rings. The Morgan fingerprint density at radius 2 is 2.24 bits per heavy atom. The molecule has 0 unspecified atom stereocenters. The minimum atomic E-state index is 0.822. The number of hydrogen-bond acceptors (Lipinski definition) is 3. The van der Waals surface area contributed by atoms with Gasteiger partial charge in [0.05, 0.1) is 17.9 Å². The van der Waals surface area contributed by atoms with Crippen LogP contribution in [0.3, 0.4) is 0 Å². The van der Waals surface area contributed by atoms with Gasteiger partial charge in [0.15, 0.2) is 0 Å². The van der Waals surface area contributed by atoms with Gasteiger partial charge in [-0.1, -0.05) is 12.2 Å². The molecule has 17 heavy (non-hydrogen) atoms. The monoisotopic (exact) mass is 251 g/mol. The molecule has 2 aromatic rings. The summed E-state index contributed by atoms with van der Waals surface area (Å²) < 4.78 is 4.64. The number of rotatable bonds is 4. The number of nitrogens with zero attached hydrogens (tertiary/aromatic N) is 4. The summed E-state index contributed by atoms with van der Waals surface area (Å²) in [6.07, 6.45) is 1.78. The first-order valence-corrected chi connectivity index (χ1v) is 5.91. The van der Waals surface area contributed by atoms with Gasteiger partial charge in [-0.15, -0.1) is 0 Å². The summed E-state index contributed by atoms with van der Waals surface area (Å²) in [5, 5.41) is 7.46. The van der Waals surface area contributed by atoms with Crippen LogP contribution in [0, 0.1) is 4.64 Å². The fraction of sp³-hybridized carbons (Fsp3) is 0.455. The van der Waals surface area contributed by atoms with E-state index in [1.54, 1.807) is 6.20 Å². The minimum Gasteiger partial charge on any atom is -0.308 e. The molecule has 92 valence electrons. The van der Waals surface area contributed by atoms with Crippen LogP contribution in [0.15, 0.2) is 18.3 Å². The van der Waals surface area contributed by atoms with Crippen LogP contribution in [0.2, 0.25) is 0 Å². The lowest BCUT2D eigenvalue weighted by molar-refractivity contribution is 0.372. The minimum absolute atomic E-state index is 0.822. The second kappa shape index (κ2) is 4.85. The number of aromatic amines is 1. The summed E-state index contributed by atoms with van der Waals surface area (Å²) >= 11 is 5.33. The number of aryl methyl sites for hydroxylation is 1. The number of H-pyrrole nitrogens is 1. The molecule has 2 heterocycles. The van der Waals surface area contributed by atoms with E-state index in [4.69, 9.17) is 12.2 Å². The van der Waals surface area contributed by atoms with Gasteiger partial charge in [-0.2, -0.15) is 5.10 Å². The molecule has 0 fully saturated rings. The number of hydrogen-bond donors (Lipinski definition) is 1. The zero-order valence-electron chi connectivity index (χ0n) is 10.3. The van der Waals surface area contributed by atoms with Gasteiger partial charge in [0, 0.05) is 25.9 Å². The summed E-state index contributed by atoms with van der Waals surface area (Å²) in [7, 11) is 6.02. The second-order valence-corrected chi connectivity index (χ2v) is 4.72. The molecule has 0 aromatic carbocycles. The number of aromatic nitrogens is 4. The van der Waals surface area contributed by atoms with Crippen LogP contribution in [0.5, 0.6) is 0 Å². The maximum absolute atomic E-state index is 5.33. The maximum Gasteiger partial charge on any atom is 0.122 e. The smallest absolute Gasteiger partial charge is 0.122 e. The zero-order valence-corrected chi connectivity index (χ0v) is 11.2. The Kier molecular flexibility index (Phi) is 3.44. The van der Waals surface area contributed by atoms with E-state index >= 15 is 0 Å². The summed E-state index contributed by atoms with van der Waals surface area (Å²) in [6, 6.07) is 3.94. The number of likely N-dealkylation sites (N-methyl/N-ethyl adjacent to an activating group) is 1. The van der Waals surface area contributed by atoms with Crippen molar-refractivity contribution in [2.24, 2.45) is 7.05 Å². The highest BCUT2D eigenvalue weighted by Crippen LogP contribution is 2.16. The average molecular weight is 251 g/mol. The van der Waals surface area contributed by atoms with Crippen molar-refractivity contribution in [3.8, 4) is 11.4 Å². The fourth-order valence-electron chi connectivity index (χ4n) is 1.67. The Morgan fingerprint density at radius 1 is 1.47 bits per heavy atom. The van der Waals surface area contributed by atoms with Gasteiger partial charge in [-0.3, -0.25) is 14.5 Å². The van der Waals surface area contributed by atoms with E-state index in [0.29, 0.717) is 0 Å². The first kappa shape index (κ1) is 12.1. The summed E-state index contributed by atoms with van der Waals surface area (Å²) in [4.78, 5) is 2.13. The second-order valence-electron chi connectivity index (χ2n) is 4.30. The predicted molar refractivity (Wildman–Crippen MR) is 70.4 cm³/mol. The van der Waals surface area contributed by atoms with Crippen molar-refractivity contribution in [2.45, 2.75) is 6.54 Å². The molecule has 2 aromatic heterocycles. The maximum atomic E-state index is 5.33. The predicted octanol–water partition coefficient (Wildman–Crippen LogP) is 1.51. The molecule has 0 bridgehead atoms. The van der Waals surface area contributed by atoms with Crippen LogP contribution in [0.25, 0.3) is 11.4 Å². The van der Waals surface area contributed by atoms with Gasteiger partial charge >= 0.3 is 0 Å². The third-order valence-electron chi connectivity index (χ3n) is 2.66. The van der Waals surface area contributed by atoms with Crippen molar-refractivity contribution in [3.05, 3.63) is 23.0 Å². The molecule has 0 spiro atoms. The Morgan fingerprint density at radius 3 is 2.82 bits per heavy atom. The van der Waals surface area contributed by atoms with Crippen molar-refractivity contribution >= 4 is 12.2 Å². The van der Waals surface area contributed by atoms with Gasteiger partial charge in [-0.05, 0) is 20.2 Å². The molecule has 5 nitrogen and oxygen atoms in total. The molecular formula is C11H17N5S. The molecule has 0 amide bonds. The van der Waals surface area contributed by atoms with Gasteiger partial charge in [0.2, 0.25) is 0 Å². The van der Waals surface area contributed by atoms with Crippen molar-refractivity contribution in [3.63, 3.8) is 0 Å². The molecule has 6 heteroatoms. The number of nitrogens with one attached hydrogen (secondary N) is 1. The average Bonchev–Trinajstić information content (AvgIpc) is 2.82. The molecule has 0 aliphatic heterocycles. The Labute approximate surface area is 106 Å². The Hall–Kier alpha value is -1.40. The highest BCUT2D eigenvalue weighted by molar-refractivity contribution is 7.71. The van der Waals surface area contributed by atoms with Gasteiger partial charge in [-0.25, -0.2) is 0 Å². The van der Waals surface area contributed by atoms with E-state index in [9.17, 15) is 0 Å². The standard InChI is InChI=1S/C11H17N5S/c1-14(2)6-7-16-11(17)8-9(13-16)10-4-5-12-15(10)3/h4-5,8,13H,6-7H2,1-3H3. The quantitative estimate of drug-likeness (QED) is 0.838.